The molecule has 10 nitrogen and oxygen atoms in total. The molecule has 8 aromatic rings. The molecule has 4 heterocycles. The van der Waals surface area contributed by atoms with Crippen molar-refractivity contribution in [2.45, 2.75) is 0 Å². The van der Waals surface area contributed by atoms with Gasteiger partial charge in [-0.1, -0.05) is 12.1 Å². The zero-order valence-electron chi connectivity index (χ0n) is 31.5. The van der Waals surface area contributed by atoms with Gasteiger partial charge in [-0.3, -0.25) is 4.68 Å². The summed E-state index contributed by atoms with van der Waals surface area (Å²) in [5.41, 5.74) is 3.10. The number of carbonyl (C=O) groups excluding carboxylic acids is 2. The monoisotopic (exact) mass is 1010 g/mol. The molecular formula is C42H32BBrF4N6O4Se2. The van der Waals surface area contributed by atoms with Gasteiger partial charge in [-0.25, -0.2) is 4.39 Å². The maximum absolute atomic E-state index is 14.0. The SMILES string of the molecule is Cn1nc(-c2ccccc2F)cc1-c1ccc(C(=O)Nc2ccccc2F)[se]1.Cn1nc(-c2ccccc2F)cc1B(O)O.O=C(Nc1ccccc1F)c1ccc(Br)[se]1. The number of amides is 2. The van der Waals surface area contributed by atoms with Crippen LogP contribution >= 0.6 is 15.9 Å². The van der Waals surface area contributed by atoms with E-state index in [-0.39, 0.29) is 69.4 Å². The van der Waals surface area contributed by atoms with Crippen LogP contribution in [0.25, 0.3) is 32.6 Å². The molecule has 0 saturated heterocycles. The number of anilines is 2. The Morgan fingerprint density at radius 1 is 0.600 bits per heavy atom. The van der Waals surface area contributed by atoms with E-state index in [0.29, 0.717) is 31.4 Å². The fraction of sp³-hybridized carbons (Fsp3) is 0.0476. The van der Waals surface area contributed by atoms with Gasteiger partial charge in [0, 0.05) is 12.6 Å². The fourth-order valence-corrected chi connectivity index (χ4v) is 9.89. The molecule has 0 saturated carbocycles. The molecule has 0 unspecified atom stereocenters. The summed E-state index contributed by atoms with van der Waals surface area (Å²) < 4.78 is 60.7. The molecule has 0 spiro atoms. The zero-order chi connectivity index (χ0) is 42.9. The molecule has 4 aromatic carbocycles. The van der Waals surface area contributed by atoms with Crippen LogP contribution < -0.4 is 16.2 Å². The first-order valence-corrected chi connectivity index (χ1v) is 21.9. The maximum atomic E-state index is 14.0. The third-order valence-corrected chi connectivity index (χ3v) is 13.7. The standard InChI is InChI=1S/C21H15F2N3OSe.C11H7BrFNOSe.C10H10BFN2O2/c1-26-18(12-17(25-26)13-6-2-3-7-14(13)22)19-10-11-20(28-19)21(27)24-16-9-5-4-8-15(16)23;12-10-6-5-9(16-10)11(15)14-8-4-2-1-3-7(8)13;1-14-10(11(15)16)6-9(13-14)7-4-2-3-5-8(7)12/h2-12H,1H3,(H,24,27);1-6H,(H,14,15);2-6,15-16H,1H3. The van der Waals surface area contributed by atoms with Crippen molar-refractivity contribution in [3.8, 4) is 32.6 Å². The molecule has 2 amide bonds. The van der Waals surface area contributed by atoms with Gasteiger partial charge in [0.15, 0.2) is 0 Å². The molecule has 0 fully saturated rings. The number of aromatic nitrogens is 4. The Morgan fingerprint density at radius 2 is 1.05 bits per heavy atom. The Hall–Kier alpha value is -5.58. The van der Waals surface area contributed by atoms with Crippen molar-refractivity contribution in [1.29, 1.82) is 0 Å². The molecule has 0 aliphatic carbocycles. The predicted octanol–water partition coefficient (Wildman–Crippen LogP) is 7.15. The normalized spacial score (nSPS) is 10.6. The Balaban J connectivity index is 0.000000162. The van der Waals surface area contributed by atoms with E-state index >= 15 is 0 Å². The molecule has 0 aliphatic heterocycles. The first kappa shape index (κ1) is 44.0. The minimum atomic E-state index is -1.61. The molecule has 0 bridgehead atoms. The van der Waals surface area contributed by atoms with Crippen molar-refractivity contribution in [2.75, 3.05) is 10.6 Å². The summed E-state index contributed by atoms with van der Waals surface area (Å²) in [4.78, 5) is 24.2. The van der Waals surface area contributed by atoms with Crippen LogP contribution in [-0.2, 0) is 14.1 Å². The van der Waals surface area contributed by atoms with Gasteiger partial charge in [-0.15, -0.1) is 0 Å². The summed E-state index contributed by atoms with van der Waals surface area (Å²) in [7, 11) is 1.74. The number of carbonyl (C=O) groups is 2. The van der Waals surface area contributed by atoms with Crippen molar-refractivity contribution in [2.24, 2.45) is 14.1 Å². The van der Waals surface area contributed by atoms with Gasteiger partial charge in [0.05, 0.1) is 11.3 Å². The van der Waals surface area contributed by atoms with Crippen LogP contribution in [0.4, 0.5) is 28.9 Å². The van der Waals surface area contributed by atoms with Crippen LogP contribution in [-0.4, -0.2) is 77.5 Å². The topological polar surface area (TPSA) is 134 Å². The van der Waals surface area contributed by atoms with E-state index in [1.165, 1.54) is 47.1 Å². The number of benzene rings is 4. The summed E-state index contributed by atoms with van der Waals surface area (Å²) in [5, 5.41) is 31.7. The Morgan fingerprint density at radius 3 is 1.52 bits per heavy atom. The third-order valence-electron chi connectivity index (χ3n) is 8.48. The molecule has 4 N–H and O–H groups in total. The van der Waals surface area contributed by atoms with Crippen LogP contribution in [0.5, 0.6) is 0 Å². The molecule has 18 heteroatoms. The van der Waals surface area contributed by atoms with Crippen molar-refractivity contribution < 1.29 is 37.2 Å². The van der Waals surface area contributed by atoms with Gasteiger partial charge in [0.2, 0.25) is 0 Å². The van der Waals surface area contributed by atoms with Crippen molar-refractivity contribution in [3.63, 3.8) is 0 Å². The van der Waals surface area contributed by atoms with Gasteiger partial charge >= 0.3 is 280 Å². The Bertz CT molecular complexity index is 2770. The Labute approximate surface area is 361 Å². The van der Waals surface area contributed by atoms with Crippen LogP contribution in [0.1, 0.15) is 18.5 Å². The van der Waals surface area contributed by atoms with E-state index in [9.17, 15) is 27.2 Å². The van der Waals surface area contributed by atoms with Gasteiger partial charge in [-0.2, -0.15) is 5.10 Å². The molecule has 60 heavy (non-hydrogen) atoms. The summed E-state index contributed by atoms with van der Waals surface area (Å²) in [6.07, 6.45) is 0. The second-order valence-electron chi connectivity index (χ2n) is 12.6. The molecule has 0 aliphatic rings. The molecular weight excluding hydrogens is 977 g/mol. The van der Waals surface area contributed by atoms with Crippen LogP contribution in [0.2, 0.25) is 0 Å². The van der Waals surface area contributed by atoms with E-state index in [2.05, 4.69) is 36.8 Å². The molecule has 8 rings (SSSR count). The molecule has 0 atom stereocenters. The number of nitrogens with one attached hydrogen (secondary N) is 2. The first-order chi connectivity index (χ1) is 28.8. The van der Waals surface area contributed by atoms with Crippen LogP contribution in [0.3, 0.4) is 0 Å². The van der Waals surface area contributed by atoms with Crippen molar-refractivity contribution in [3.05, 3.63) is 169 Å². The van der Waals surface area contributed by atoms with Crippen LogP contribution in [0.15, 0.2) is 137 Å². The number of nitrogens with zero attached hydrogens (tertiary/aromatic N) is 4. The number of hydrogen-bond donors (Lipinski definition) is 4. The summed E-state index contributed by atoms with van der Waals surface area (Å²) in [6.45, 7) is 0. The second kappa shape index (κ2) is 20.1. The average Bonchev–Trinajstić information content (AvgIpc) is 4.05. The fourth-order valence-electron chi connectivity index (χ4n) is 5.55. The number of aryl methyl sites for hydroxylation is 2. The van der Waals surface area contributed by atoms with E-state index in [1.807, 2.05) is 18.2 Å². The summed E-state index contributed by atoms with van der Waals surface area (Å²) in [6, 6.07) is 35.3. The van der Waals surface area contributed by atoms with E-state index < -0.39 is 18.8 Å². The summed E-state index contributed by atoms with van der Waals surface area (Å²) in [5.74, 6) is -2.19. The van der Waals surface area contributed by atoms with Gasteiger partial charge in [0.25, 0.3) is 0 Å². The number of halogens is 5. The van der Waals surface area contributed by atoms with E-state index in [1.54, 1.807) is 91.6 Å². The molecule has 0 radical (unpaired) electrons. The molecule has 4 aromatic heterocycles. The third kappa shape index (κ3) is 11.0. The minimum absolute atomic E-state index is 0.00462. The van der Waals surface area contributed by atoms with Gasteiger partial charge in [-0.05, 0) is 18.2 Å². The number of hydrogen-bond acceptors (Lipinski definition) is 6. The summed E-state index contributed by atoms with van der Waals surface area (Å²) >= 11 is 3.06. The number of para-hydroxylation sites is 2. The second-order valence-corrected chi connectivity index (χ2v) is 19.2. The van der Waals surface area contributed by atoms with Crippen LogP contribution in [0, 0.1) is 23.3 Å². The van der Waals surface area contributed by atoms with Crippen molar-refractivity contribution >= 4 is 80.8 Å². The Kier molecular flexibility index (Phi) is 14.8. The number of rotatable bonds is 8. The van der Waals surface area contributed by atoms with E-state index in [4.69, 9.17) is 10.0 Å². The quantitative estimate of drug-likeness (QED) is 0.0946. The first-order valence-electron chi connectivity index (χ1n) is 17.7. The van der Waals surface area contributed by atoms with Gasteiger partial charge < -0.3 is 10.0 Å². The predicted molar refractivity (Wildman–Crippen MR) is 229 cm³/mol. The molecule has 304 valence electrons. The van der Waals surface area contributed by atoms with Gasteiger partial charge in [0.1, 0.15) is 5.82 Å². The zero-order valence-corrected chi connectivity index (χ0v) is 36.5. The van der Waals surface area contributed by atoms with E-state index in [0.717, 1.165) is 13.5 Å². The average molecular weight is 1010 g/mol. The van der Waals surface area contributed by atoms with Crippen molar-refractivity contribution in [1.82, 2.24) is 19.6 Å².